The normalized spacial score (nSPS) is 10.0. The number of carbonyl (C=O) groups is 3. The molecule has 142 valence electrons. The molecule has 2 rings (SSSR count). The summed E-state index contributed by atoms with van der Waals surface area (Å²) >= 11 is 0. The highest BCUT2D eigenvalue weighted by molar-refractivity contribution is 6.01. The number of carbonyl (C=O) groups excluding carboxylic acids is 3. The van der Waals surface area contributed by atoms with Crippen LogP contribution in [0.15, 0.2) is 48.5 Å². The second-order valence-electron chi connectivity index (χ2n) is 5.40. The monoisotopic (exact) mass is 371 g/mol. The maximum Gasteiger partial charge on any atom is 0.325 e. The lowest BCUT2D eigenvalue weighted by molar-refractivity contribution is -0.141. The quantitative estimate of drug-likeness (QED) is 0.537. The van der Waals surface area contributed by atoms with Crippen molar-refractivity contribution >= 4 is 17.7 Å². The molecule has 0 radical (unpaired) electrons. The van der Waals surface area contributed by atoms with Gasteiger partial charge in [0.1, 0.15) is 18.0 Å². The molecule has 0 spiro atoms. The van der Waals surface area contributed by atoms with Crippen LogP contribution in [-0.4, -0.2) is 44.5 Å². The number of methoxy groups -OCH3 is 1. The number of nitrogens with one attached hydrogen (secondary N) is 1. The smallest absolute Gasteiger partial charge is 0.325 e. The Balaban J connectivity index is 1.86. The van der Waals surface area contributed by atoms with E-state index in [-0.39, 0.29) is 6.54 Å². The molecule has 0 saturated heterocycles. The van der Waals surface area contributed by atoms with Crippen LogP contribution >= 0.6 is 0 Å². The summed E-state index contributed by atoms with van der Waals surface area (Å²) in [6, 6.07) is 13.4. The Morgan fingerprint density at radius 1 is 0.926 bits per heavy atom. The van der Waals surface area contributed by atoms with E-state index in [2.05, 4.69) is 5.32 Å². The summed E-state index contributed by atoms with van der Waals surface area (Å²) in [6.45, 7) is 1.42. The fraction of sp³-hybridized carbons (Fsp3) is 0.250. The molecule has 0 heterocycles. The van der Waals surface area contributed by atoms with Crippen molar-refractivity contribution in [2.45, 2.75) is 6.92 Å². The maximum absolute atomic E-state index is 12.2. The molecule has 27 heavy (non-hydrogen) atoms. The molecule has 0 atom stereocenters. The van der Waals surface area contributed by atoms with Gasteiger partial charge in [-0.05, 0) is 31.2 Å². The predicted molar refractivity (Wildman–Crippen MR) is 98.2 cm³/mol. The second kappa shape index (κ2) is 9.96. The number of para-hydroxylation sites is 2. The van der Waals surface area contributed by atoms with Crippen LogP contribution in [0.5, 0.6) is 11.5 Å². The number of amides is 1. The zero-order valence-corrected chi connectivity index (χ0v) is 15.2. The summed E-state index contributed by atoms with van der Waals surface area (Å²) in [7, 11) is 1.45. The van der Waals surface area contributed by atoms with E-state index in [1.807, 2.05) is 6.92 Å². The van der Waals surface area contributed by atoms with Crippen LogP contribution in [0.1, 0.15) is 27.6 Å². The first-order valence-electron chi connectivity index (χ1n) is 8.38. The van der Waals surface area contributed by atoms with Gasteiger partial charge in [0.25, 0.3) is 5.91 Å². The Hall–Kier alpha value is -3.35. The lowest BCUT2D eigenvalue weighted by Crippen LogP contribution is -2.31. The number of benzene rings is 2. The number of ether oxygens (including phenoxy) is 3. The van der Waals surface area contributed by atoms with E-state index in [0.717, 1.165) is 0 Å². The molecule has 7 nitrogen and oxygen atoms in total. The molecule has 0 fully saturated rings. The predicted octanol–water partition coefficient (Wildman–Crippen LogP) is 2.25. The third kappa shape index (κ3) is 5.57. The van der Waals surface area contributed by atoms with Gasteiger partial charge in [0, 0.05) is 0 Å². The molecule has 0 saturated carbocycles. The summed E-state index contributed by atoms with van der Waals surface area (Å²) in [5, 5.41) is 2.45. The largest absolute Gasteiger partial charge is 0.496 e. The molecular weight excluding hydrogens is 350 g/mol. The number of Topliss-reactive ketones (excluding diaryl/α,β-unsaturated/α-hetero) is 1. The summed E-state index contributed by atoms with van der Waals surface area (Å²) in [5.41, 5.74) is 0.639. The summed E-state index contributed by atoms with van der Waals surface area (Å²) in [4.78, 5) is 36.2. The molecule has 1 N–H and O–H groups in total. The fourth-order valence-corrected chi connectivity index (χ4v) is 2.33. The van der Waals surface area contributed by atoms with Crippen molar-refractivity contribution in [1.29, 1.82) is 0 Å². The number of rotatable bonds is 9. The number of esters is 1. The standard InChI is InChI=1S/C20H21NO6/c1-3-26-18-11-7-5-9-15(18)20(24)21-12-19(23)27-13-16(22)14-8-4-6-10-17(14)25-2/h4-11H,3,12-13H2,1-2H3,(H,21,24). The van der Waals surface area contributed by atoms with Crippen molar-refractivity contribution in [3.8, 4) is 11.5 Å². The van der Waals surface area contributed by atoms with Gasteiger partial charge in [-0.2, -0.15) is 0 Å². The van der Waals surface area contributed by atoms with Gasteiger partial charge in [-0.15, -0.1) is 0 Å². The van der Waals surface area contributed by atoms with Crippen LogP contribution in [0, 0.1) is 0 Å². The highest BCUT2D eigenvalue weighted by Gasteiger charge is 2.16. The summed E-state index contributed by atoms with van der Waals surface area (Å²) in [6.07, 6.45) is 0. The van der Waals surface area contributed by atoms with Crippen LogP contribution in [0.3, 0.4) is 0 Å². The first kappa shape index (κ1) is 20.0. The van der Waals surface area contributed by atoms with E-state index < -0.39 is 24.3 Å². The SMILES string of the molecule is CCOc1ccccc1C(=O)NCC(=O)OCC(=O)c1ccccc1OC. The topological polar surface area (TPSA) is 90.9 Å². The van der Waals surface area contributed by atoms with Crippen LogP contribution in [0.25, 0.3) is 0 Å². The van der Waals surface area contributed by atoms with Crippen LogP contribution in [-0.2, 0) is 9.53 Å². The molecule has 0 aromatic heterocycles. The van der Waals surface area contributed by atoms with Crippen molar-refractivity contribution < 1.29 is 28.6 Å². The first-order chi connectivity index (χ1) is 13.1. The molecule has 7 heteroatoms. The van der Waals surface area contributed by atoms with Gasteiger partial charge in [0.05, 0.1) is 24.8 Å². The highest BCUT2D eigenvalue weighted by Crippen LogP contribution is 2.18. The van der Waals surface area contributed by atoms with E-state index in [0.29, 0.717) is 29.2 Å². The molecule has 0 aliphatic rings. The molecule has 1 amide bonds. The van der Waals surface area contributed by atoms with Gasteiger partial charge in [-0.25, -0.2) is 0 Å². The van der Waals surface area contributed by atoms with Gasteiger partial charge >= 0.3 is 5.97 Å². The van der Waals surface area contributed by atoms with E-state index in [4.69, 9.17) is 14.2 Å². The Morgan fingerprint density at radius 3 is 2.22 bits per heavy atom. The molecule has 2 aromatic carbocycles. The number of hydrogen-bond donors (Lipinski definition) is 1. The minimum Gasteiger partial charge on any atom is -0.496 e. The third-order valence-corrected chi connectivity index (χ3v) is 3.60. The Kier molecular flexibility index (Phi) is 7.37. The van der Waals surface area contributed by atoms with Crippen LogP contribution < -0.4 is 14.8 Å². The van der Waals surface area contributed by atoms with Crippen LogP contribution in [0.2, 0.25) is 0 Å². The maximum atomic E-state index is 12.2. The molecular formula is C20H21NO6. The van der Waals surface area contributed by atoms with Crippen molar-refractivity contribution in [3.63, 3.8) is 0 Å². The molecule has 0 bridgehead atoms. The molecule has 0 aliphatic carbocycles. The average Bonchev–Trinajstić information content (AvgIpc) is 2.70. The fourth-order valence-electron chi connectivity index (χ4n) is 2.33. The average molecular weight is 371 g/mol. The van der Waals surface area contributed by atoms with Crippen molar-refractivity contribution in [3.05, 3.63) is 59.7 Å². The van der Waals surface area contributed by atoms with Crippen molar-refractivity contribution in [2.24, 2.45) is 0 Å². The molecule has 0 unspecified atom stereocenters. The minimum atomic E-state index is -0.722. The summed E-state index contributed by atoms with van der Waals surface area (Å²) in [5.74, 6) is -0.752. The van der Waals surface area contributed by atoms with Crippen LogP contribution in [0.4, 0.5) is 0 Å². The number of hydrogen-bond acceptors (Lipinski definition) is 6. The van der Waals surface area contributed by atoms with Gasteiger partial charge < -0.3 is 19.5 Å². The highest BCUT2D eigenvalue weighted by atomic mass is 16.5. The summed E-state index contributed by atoms with van der Waals surface area (Å²) < 4.78 is 15.4. The van der Waals surface area contributed by atoms with Gasteiger partial charge in [-0.3, -0.25) is 14.4 Å². The number of ketones is 1. The third-order valence-electron chi connectivity index (χ3n) is 3.60. The Labute approximate surface area is 157 Å². The van der Waals surface area contributed by atoms with Gasteiger partial charge in [0.2, 0.25) is 5.78 Å². The van der Waals surface area contributed by atoms with Gasteiger partial charge in [0.15, 0.2) is 6.61 Å². The minimum absolute atomic E-state index is 0.317. The van der Waals surface area contributed by atoms with E-state index in [1.165, 1.54) is 7.11 Å². The zero-order valence-electron chi connectivity index (χ0n) is 15.2. The molecule has 2 aromatic rings. The van der Waals surface area contributed by atoms with Crippen molar-refractivity contribution in [2.75, 3.05) is 26.9 Å². The van der Waals surface area contributed by atoms with E-state index in [9.17, 15) is 14.4 Å². The lowest BCUT2D eigenvalue weighted by atomic mass is 10.1. The zero-order chi connectivity index (χ0) is 19.6. The van der Waals surface area contributed by atoms with E-state index >= 15 is 0 Å². The second-order valence-corrected chi connectivity index (χ2v) is 5.40. The first-order valence-corrected chi connectivity index (χ1v) is 8.38. The Bertz CT molecular complexity index is 818. The Morgan fingerprint density at radius 2 is 1.56 bits per heavy atom. The van der Waals surface area contributed by atoms with E-state index in [1.54, 1.807) is 48.5 Å². The van der Waals surface area contributed by atoms with Gasteiger partial charge in [-0.1, -0.05) is 24.3 Å². The molecule has 0 aliphatic heterocycles. The van der Waals surface area contributed by atoms with Crippen molar-refractivity contribution in [1.82, 2.24) is 5.32 Å². The lowest BCUT2D eigenvalue weighted by Gasteiger charge is -2.10.